The van der Waals surface area contributed by atoms with E-state index in [-0.39, 0.29) is 5.12 Å². The molecule has 0 amide bonds. The topological polar surface area (TPSA) is 38.7 Å². The van der Waals surface area contributed by atoms with Crippen LogP contribution in [-0.4, -0.2) is 15.2 Å². The SMILES string of the molecule is CCCSC1=N/C(=C\c2cccc(Oc3ccccc3)c2)C(=O)S1. The van der Waals surface area contributed by atoms with Crippen molar-refractivity contribution in [2.75, 3.05) is 5.75 Å². The van der Waals surface area contributed by atoms with Gasteiger partial charge in [0.1, 0.15) is 21.6 Å². The molecular weight excluding hydrogens is 338 g/mol. The summed E-state index contributed by atoms with van der Waals surface area (Å²) in [6, 6.07) is 17.3. The lowest BCUT2D eigenvalue weighted by Crippen LogP contribution is -1.89. The quantitative estimate of drug-likeness (QED) is 0.655. The van der Waals surface area contributed by atoms with E-state index in [1.54, 1.807) is 11.8 Å². The molecule has 5 heteroatoms. The summed E-state index contributed by atoms with van der Waals surface area (Å²) in [5.74, 6) is 2.50. The number of benzene rings is 2. The Hall–Kier alpha value is -1.98. The van der Waals surface area contributed by atoms with Gasteiger partial charge < -0.3 is 4.74 Å². The van der Waals surface area contributed by atoms with Crippen molar-refractivity contribution in [3.8, 4) is 11.5 Å². The number of nitrogens with zero attached hydrogens (tertiary/aromatic N) is 1. The van der Waals surface area contributed by atoms with Crippen molar-refractivity contribution >= 4 is 39.1 Å². The zero-order valence-electron chi connectivity index (χ0n) is 13.3. The van der Waals surface area contributed by atoms with Crippen LogP contribution in [0, 0.1) is 0 Å². The molecule has 0 bridgehead atoms. The van der Waals surface area contributed by atoms with E-state index in [9.17, 15) is 4.79 Å². The molecule has 3 nitrogen and oxygen atoms in total. The van der Waals surface area contributed by atoms with Gasteiger partial charge in [-0.05, 0) is 59.8 Å². The molecule has 24 heavy (non-hydrogen) atoms. The number of thioether (sulfide) groups is 2. The highest BCUT2D eigenvalue weighted by molar-refractivity contribution is 8.45. The van der Waals surface area contributed by atoms with E-state index in [0.29, 0.717) is 5.70 Å². The van der Waals surface area contributed by atoms with Crippen molar-refractivity contribution in [3.63, 3.8) is 0 Å². The first-order valence-corrected chi connectivity index (χ1v) is 9.53. The third-order valence-corrected chi connectivity index (χ3v) is 5.39. The van der Waals surface area contributed by atoms with Gasteiger partial charge in [-0.15, -0.1) is 0 Å². The fourth-order valence-electron chi connectivity index (χ4n) is 2.09. The predicted octanol–water partition coefficient (Wildman–Crippen LogP) is 5.59. The average molecular weight is 355 g/mol. The molecule has 3 rings (SSSR count). The second kappa shape index (κ2) is 8.22. The normalized spacial score (nSPS) is 15.6. The molecule has 2 aromatic rings. The first kappa shape index (κ1) is 16.9. The number of aliphatic imine (C=N–C) groups is 1. The van der Waals surface area contributed by atoms with Crippen LogP contribution in [-0.2, 0) is 4.79 Å². The Bertz CT molecular complexity index is 785. The van der Waals surface area contributed by atoms with E-state index in [0.717, 1.165) is 33.6 Å². The molecule has 0 fully saturated rings. The summed E-state index contributed by atoms with van der Waals surface area (Å²) in [4.78, 5) is 16.5. The summed E-state index contributed by atoms with van der Waals surface area (Å²) < 4.78 is 6.66. The Morgan fingerprint density at radius 2 is 1.92 bits per heavy atom. The smallest absolute Gasteiger partial charge is 0.244 e. The fraction of sp³-hybridized carbons (Fsp3) is 0.158. The highest BCUT2D eigenvalue weighted by Crippen LogP contribution is 2.31. The minimum absolute atomic E-state index is 0.00276. The van der Waals surface area contributed by atoms with Gasteiger partial charge in [0.25, 0.3) is 0 Å². The lowest BCUT2D eigenvalue weighted by atomic mass is 10.2. The summed E-state index contributed by atoms with van der Waals surface area (Å²) in [7, 11) is 0. The van der Waals surface area contributed by atoms with Crippen LogP contribution in [0.3, 0.4) is 0 Å². The molecule has 0 spiro atoms. The van der Waals surface area contributed by atoms with Crippen LogP contribution in [0.1, 0.15) is 18.9 Å². The molecule has 122 valence electrons. The second-order valence-corrected chi connectivity index (χ2v) is 7.44. The van der Waals surface area contributed by atoms with E-state index < -0.39 is 0 Å². The van der Waals surface area contributed by atoms with E-state index in [4.69, 9.17) is 4.74 Å². The molecule has 1 aliphatic heterocycles. The van der Waals surface area contributed by atoms with Crippen LogP contribution in [0.4, 0.5) is 0 Å². The maximum Gasteiger partial charge on any atom is 0.244 e. The first-order chi connectivity index (χ1) is 11.7. The lowest BCUT2D eigenvalue weighted by molar-refractivity contribution is -0.107. The third-order valence-electron chi connectivity index (χ3n) is 3.17. The lowest BCUT2D eigenvalue weighted by Gasteiger charge is -2.06. The van der Waals surface area contributed by atoms with Crippen LogP contribution < -0.4 is 4.74 Å². The number of hydrogen-bond donors (Lipinski definition) is 0. The maximum absolute atomic E-state index is 12.1. The van der Waals surface area contributed by atoms with Crippen molar-refractivity contribution in [2.24, 2.45) is 4.99 Å². The molecule has 1 aliphatic rings. The van der Waals surface area contributed by atoms with E-state index in [2.05, 4.69) is 11.9 Å². The largest absolute Gasteiger partial charge is 0.457 e. The predicted molar refractivity (Wildman–Crippen MR) is 104 cm³/mol. The van der Waals surface area contributed by atoms with Gasteiger partial charge in [0.05, 0.1) is 0 Å². The number of carbonyl (C=O) groups is 1. The van der Waals surface area contributed by atoms with Crippen LogP contribution in [0.15, 0.2) is 65.3 Å². The standard InChI is InChI=1S/C19H17NO2S2/c1-2-11-23-19-20-17(18(21)24-19)13-14-7-6-10-16(12-14)22-15-8-4-3-5-9-15/h3-10,12-13H,2,11H2,1H3/b17-13-. The molecule has 1 heterocycles. The Labute approximate surface area is 150 Å². The number of para-hydroxylation sites is 1. The van der Waals surface area contributed by atoms with E-state index in [1.807, 2.05) is 60.7 Å². The zero-order valence-corrected chi connectivity index (χ0v) is 14.9. The van der Waals surface area contributed by atoms with Crippen molar-refractivity contribution in [1.29, 1.82) is 0 Å². The summed E-state index contributed by atoms with van der Waals surface area (Å²) >= 11 is 2.85. The fourth-order valence-corrected chi connectivity index (χ4v) is 3.86. The number of rotatable bonds is 5. The van der Waals surface area contributed by atoms with Crippen LogP contribution in [0.5, 0.6) is 11.5 Å². The van der Waals surface area contributed by atoms with Gasteiger partial charge in [-0.2, -0.15) is 0 Å². The number of carbonyl (C=O) groups excluding carboxylic acids is 1. The van der Waals surface area contributed by atoms with Gasteiger partial charge in [-0.1, -0.05) is 49.0 Å². The van der Waals surface area contributed by atoms with Gasteiger partial charge in [-0.25, -0.2) is 4.99 Å². The molecule has 0 aliphatic carbocycles. The zero-order chi connectivity index (χ0) is 16.8. The Morgan fingerprint density at radius 3 is 2.71 bits per heavy atom. The molecule has 0 saturated heterocycles. The highest BCUT2D eigenvalue weighted by Gasteiger charge is 2.22. The number of hydrogen-bond acceptors (Lipinski definition) is 5. The Kier molecular flexibility index (Phi) is 5.77. The van der Waals surface area contributed by atoms with Crippen molar-refractivity contribution < 1.29 is 9.53 Å². The van der Waals surface area contributed by atoms with Crippen molar-refractivity contribution in [3.05, 3.63) is 65.9 Å². The molecule has 0 unspecified atom stereocenters. The Balaban J connectivity index is 1.76. The molecule has 0 saturated carbocycles. The highest BCUT2D eigenvalue weighted by atomic mass is 32.2. The molecule has 2 aromatic carbocycles. The molecular formula is C19H17NO2S2. The third kappa shape index (κ3) is 4.52. The van der Waals surface area contributed by atoms with Crippen LogP contribution in [0.25, 0.3) is 6.08 Å². The van der Waals surface area contributed by atoms with Crippen molar-refractivity contribution in [2.45, 2.75) is 13.3 Å². The summed E-state index contributed by atoms with van der Waals surface area (Å²) in [6.07, 6.45) is 2.88. The van der Waals surface area contributed by atoms with Crippen LogP contribution >= 0.6 is 23.5 Å². The molecule has 0 radical (unpaired) electrons. The summed E-state index contributed by atoms with van der Waals surface area (Å²) in [5, 5.41) is 0.00276. The monoisotopic (exact) mass is 355 g/mol. The maximum atomic E-state index is 12.1. The summed E-state index contributed by atoms with van der Waals surface area (Å²) in [6.45, 7) is 2.12. The van der Waals surface area contributed by atoms with Gasteiger partial charge >= 0.3 is 0 Å². The summed E-state index contributed by atoms with van der Waals surface area (Å²) in [5.41, 5.74) is 1.40. The van der Waals surface area contributed by atoms with Crippen LogP contribution in [0.2, 0.25) is 0 Å². The van der Waals surface area contributed by atoms with E-state index >= 15 is 0 Å². The molecule has 0 N–H and O–H groups in total. The molecule has 0 aromatic heterocycles. The minimum Gasteiger partial charge on any atom is -0.457 e. The first-order valence-electron chi connectivity index (χ1n) is 7.73. The number of ether oxygens (including phenoxy) is 1. The van der Waals surface area contributed by atoms with Gasteiger partial charge in [0, 0.05) is 0 Å². The van der Waals surface area contributed by atoms with E-state index in [1.165, 1.54) is 11.8 Å². The Morgan fingerprint density at radius 1 is 1.12 bits per heavy atom. The second-order valence-electron chi connectivity index (χ2n) is 5.13. The molecule has 0 atom stereocenters. The van der Waals surface area contributed by atoms with Gasteiger partial charge in [-0.3, -0.25) is 4.79 Å². The van der Waals surface area contributed by atoms with Crippen molar-refractivity contribution in [1.82, 2.24) is 0 Å². The average Bonchev–Trinajstić information content (AvgIpc) is 2.94. The minimum atomic E-state index is 0.00276. The van der Waals surface area contributed by atoms with Gasteiger partial charge in [0.15, 0.2) is 0 Å². The van der Waals surface area contributed by atoms with Gasteiger partial charge in [0.2, 0.25) is 5.12 Å².